The number of carbonyl (C=O) groups excluding carboxylic acids is 1. The average Bonchev–Trinajstić information content (AvgIpc) is 3.24. The molecule has 0 aliphatic carbocycles. The van der Waals surface area contributed by atoms with E-state index in [1.807, 2.05) is 36.9 Å². The first-order chi connectivity index (χ1) is 13.5. The summed E-state index contributed by atoms with van der Waals surface area (Å²) in [4.78, 5) is 17.4. The van der Waals surface area contributed by atoms with Gasteiger partial charge in [-0.2, -0.15) is 5.10 Å². The maximum Gasteiger partial charge on any atom is 0.259 e. The second-order valence-corrected chi connectivity index (χ2v) is 7.41. The van der Waals surface area contributed by atoms with Crippen molar-refractivity contribution in [3.05, 3.63) is 52.0 Å². The average molecular weight is 400 g/mol. The van der Waals surface area contributed by atoms with Crippen LogP contribution in [0.2, 0.25) is 5.02 Å². The highest BCUT2D eigenvalue weighted by molar-refractivity contribution is 6.33. The quantitative estimate of drug-likeness (QED) is 0.727. The van der Waals surface area contributed by atoms with Gasteiger partial charge >= 0.3 is 0 Å². The summed E-state index contributed by atoms with van der Waals surface area (Å²) >= 11 is 6.31. The highest BCUT2D eigenvalue weighted by atomic mass is 35.5. The van der Waals surface area contributed by atoms with Gasteiger partial charge in [-0.15, -0.1) is 0 Å². The number of aromatic nitrogens is 3. The first-order valence-electron chi connectivity index (χ1n) is 9.24. The minimum Gasteiger partial charge on any atom is -0.365 e. The number of amides is 1. The predicted molar refractivity (Wildman–Crippen MR) is 108 cm³/mol. The third kappa shape index (κ3) is 3.16. The first kappa shape index (κ1) is 18.6. The molecule has 3 aromatic rings. The molecule has 8 heteroatoms. The van der Waals surface area contributed by atoms with Crippen LogP contribution in [0.15, 0.2) is 28.8 Å². The Labute approximate surface area is 168 Å². The zero-order chi connectivity index (χ0) is 19.8. The molecule has 0 spiro atoms. The van der Waals surface area contributed by atoms with Crippen LogP contribution in [0.25, 0.3) is 11.3 Å². The second kappa shape index (κ2) is 7.31. The van der Waals surface area contributed by atoms with Crippen molar-refractivity contribution in [3.8, 4) is 11.3 Å². The first-order valence-corrected chi connectivity index (χ1v) is 9.62. The van der Waals surface area contributed by atoms with E-state index in [2.05, 4.69) is 20.3 Å². The summed E-state index contributed by atoms with van der Waals surface area (Å²) < 4.78 is 5.35. The molecule has 0 atom stereocenters. The fourth-order valence-corrected chi connectivity index (χ4v) is 3.99. The van der Waals surface area contributed by atoms with Crippen molar-refractivity contribution in [2.75, 3.05) is 31.1 Å². The van der Waals surface area contributed by atoms with Gasteiger partial charge < -0.3 is 14.3 Å². The molecular weight excluding hydrogens is 378 g/mol. The number of anilines is 1. The van der Waals surface area contributed by atoms with Crippen LogP contribution in [0.4, 0.5) is 5.69 Å². The Kier molecular flexibility index (Phi) is 4.85. The molecule has 0 radical (unpaired) electrons. The summed E-state index contributed by atoms with van der Waals surface area (Å²) in [6.07, 6.45) is 0. The Morgan fingerprint density at radius 1 is 1.14 bits per heavy atom. The van der Waals surface area contributed by atoms with Crippen LogP contribution in [0.5, 0.6) is 0 Å². The molecular formula is C20H22ClN5O2. The van der Waals surface area contributed by atoms with E-state index in [1.54, 1.807) is 13.0 Å². The zero-order valence-corrected chi connectivity index (χ0v) is 16.9. The third-order valence-corrected chi connectivity index (χ3v) is 5.51. The molecule has 0 saturated carbocycles. The number of nitrogens with one attached hydrogen (secondary N) is 1. The highest BCUT2D eigenvalue weighted by Crippen LogP contribution is 2.32. The maximum absolute atomic E-state index is 13.3. The van der Waals surface area contributed by atoms with Crippen LogP contribution in [-0.4, -0.2) is 52.3 Å². The van der Waals surface area contributed by atoms with Crippen molar-refractivity contribution < 1.29 is 9.32 Å². The van der Waals surface area contributed by atoms with Gasteiger partial charge in [-0.25, -0.2) is 0 Å². The molecule has 146 valence electrons. The molecule has 1 N–H and O–H groups in total. The van der Waals surface area contributed by atoms with Gasteiger partial charge in [0, 0.05) is 31.7 Å². The Balaban J connectivity index is 1.56. The predicted octanol–water partition coefficient (Wildman–Crippen LogP) is 3.61. The summed E-state index contributed by atoms with van der Waals surface area (Å²) in [5.74, 6) is 0.429. The lowest BCUT2D eigenvalue weighted by atomic mass is 10.0. The van der Waals surface area contributed by atoms with E-state index in [9.17, 15) is 4.79 Å². The fraction of sp³-hybridized carbons (Fsp3) is 0.350. The van der Waals surface area contributed by atoms with Crippen molar-refractivity contribution >= 4 is 23.2 Å². The number of aromatic amines is 1. The number of benzene rings is 1. The number of aryl methyl sites for hydroxylation is 3. The van der Waals surface area contributed by atoms with Gasteiger partial charge in [-0.1, -0.05) is 35.0 Å². The van der Waals surface area contributed by atoms with Crippen LogP contribution in [0.1, 0.15) is 27.5 Å². The molecule has 1 aliphatic heterocycles. The molecule has 1 aromatic carbocycles. The van der Waals surface area contributed by atoms with Gasteiger partial charge in [0.1, 0.15) is 17.0 Å². The second-order valence-electron chi connectivity index (χ2n) is 7.00. The number of hydrogen-bond acceptors (Lipinski definition) is 5. The number of hydrogen-bond donors (Lipinski definition) is 1. The number of rotatable bonds is 3. The standard InChI is InChI=1S/C20H22ClN5O2/c1-12-19(13(2)23-22-12)25-8-10-26(11-9-25)20(27)17-14(3)28-24-18(17)15-6-4-5-7-16(15)21/h4-7H,8-11H2,1-3H3,(H,22,23). The normalized spacial score (nSPS) is 14.6. The van der Waals surface area contributed by atoms with Crippen molar-refractivity contribution in [1.29, 1.82) is 0 Å². The van der Waals surface area contributed by atoms with Crippen LogP contribution in [0.3, 0.4) is 0 Å². The molecule has 28 heavy (non-hydrogen) atoms. The van der Waals surface area contributed by atoms with E-state index in [0.717, 1.165) is 30.2 Å². The van der Waals surface area contributed by atoms with Gasteiger partial charge in [-0.05, 0) is 26.8 Å². The van der Waals surface area contributed by atoms with E-state index in [0.29, 0.717) is 40.7 Å². The van der Waals surface area contributed by atoms with Crippen molar-refractivity contribution in [1.82, 2.24) is 20.3 Å². The summed E-state index contributed by atoms with van der Waals surface area (Å²) in [7, 11) is 0. The fourth-order valence-electron chi connectivity index (χ4n) is 3.76. The number of halogens is 1. The monoisotopic (exact) mass is 399 g/mol. The molecule has 1 aliphatic rings. The van der Waals surface area contributed by atoms with Gasteiger partial charge in [0.15, 0.2) is 0 Å². The van der Waals surface area contributed by atoms with Crippen molar-refractivity contribution in [3.63, 3.8) is 0 Å². The topological polar surface area (TPSA) is 78.3 Å². The van der Waals surface area contributed by atoms with Crippen LogP contribution in [-0.2, 0) is 0 Å². The number of piperazine rings is 1. The molecule has 1 saturated heterocycles. The Bertz CT molecular complexity index is 998. The highest BCUT2D eigenvalue weighted by Gasteiger charge is 2.30. The summed E-state index contributed by atoms with van der Waals surface area (Å²) in [5, 5.41) is 11.9. The largest absolute Gasteiger partial charge is 0.365 e. The molecule has 0 bridgehead atoms. The molecule has 2 aromatic heterocycles. The van der Waals surface area contributed by atoms with Gasteiger partial charge in [0.2, 0.25) is 0 Å². The Hall–Kier alpha value is -2.80. The van der Waals surface area contributed by atoms with Crippen LogP contribution < -0.4 is 4.90 Å². The van der Waals surface area contributed by atoms with Crippen molar-refractivity contribution in [2.45, 2.75) is 20.8 Å². The molecule has 1 fully saturated rings. The Morgan fingerprint density at radius 2 is 1.86 bits per heavy atom. The molecule has 1 amide bonds. The van der Waals surface area contributed by atoms with Crippen LogP contribution in [0, 0.1) is 20.8 Å². The number of carbonyl (C=O) groups is 1. The zero-order valence-electron chi connectivity index (χ0n) is 16.1. The lowest BCUT2D eigenvalue weighted by Gasteiger charge is -2.36. The number of nitrogens with zero attached hydrogens (tertiary/aromatic N) is 4. The Morgan fingerprint density at radius 3 is 2.50 bits per heavy atom. The van der Waals surface area contributed by atoms with E-state index >= 15 is 0 Å². The summed E-state index contributed by atoms with van der Waals surface area (Å²) in [6, 6.07) is 7.34. The third-order valence-electron chi connectivity index (χ3n) is 5.18. The summed E-state index contributed by atoms with van der Waals surface area (Å²) in [5.41, 5.74) is 4.84. The minimum absolute atomic E-state index is 0.0750. The SMILES string of the molecule is Cc1n[nH]c(C)c1N1CCN(C(=O)c2c(-c3ccccc3Cl)noc2C)CC1. The van der Waals surface area contributed by atoms with E-state index in [1.165, 1.54) is 0 Å². The maximum atomic E-state index is 13.3. The summed E-state index contributed by atoms with van der Waals surface area (Å²) in [6.45, 7) is 8.51. The molecule has 4 rings (SSSR count). The molecule has 0 unspecified atom stereocenters. The van der Waals surface area contributed by atoms with E-state index in [4.69, 9.17) is 16.1 Å². The van der Waals surface area contributed by atoms with Gasteiger partial charge in [0.25, 0.3) is 5.91 Å². The van der Waals surface area contributed by atoms with Gasteiger partial charge in [0.05, 0.1) is 22.1 Å². The molecule has 7 nitrogen and oxygen atoms in total. The lowest BCUT2D eigenvalue weighted by molar-refractivity contribution is 0.0745. The number of H-pyrrole nitrogens is 1. The van der Waals surface area contributed by atoms with Crippen LogP contribution >= 0.6 is 11.6 Å². The van der Waals surface area contributed by atoms with E-state index in [-0.39, 0.29) is 5.91 Å². The lowest BCUT2D eigenvalue weighted by Crippen LogP contribution is -2.49. The van der Waals surface area contributed by atoms with Crippen molar-refractivity contribution in [2.24, 2.45) is 0 Å². The smallest absolute Gasteiger partial charge is 0.259 e. The molecule has 3 heterocycles. The van der Waals surface area contributed by atoms with E-state index < -0.39 is 0 Å². The van der Waals surface area contributed by atoms with Gasteiger partial charge in [-0.3, -0.25) is 9.89 Å². The minimum atomic E-state index is -0.0750.